The predicted octanol–water partition coefficient (Wildman–Crippen LogP) is 4.39. The minimum absolute atomic E-state index is 0.0621. The molecule has 0 saturated heterocycles. The maximum Gasteiger partial charge on any atom is 0.331 e. The van der Waals surface area contributed by atoms with Gasteiger partial charge in [0.1, 0.15) is 6.10 Å². The van der Waals surface area contributed by atoms with E-state index in [-0.39, 0.29) is 12.1 Å². The second kappa shape index (κ2) is 9.26. The molecule has 0 spiro atoms. The number of rotatable bonds is 10. The van der Waals surface area contributed by atoms with Crippen LogP contribution in [0.4, 0.5) is 0 Å². The van der Waals surface area contributed by atoms with Crippen LogP contribution in [-0.4, -0.2) is 12.1 Å². The van der Waals surface area contributed by atoms with Crippen molar-refractivity contribution in [3.63, 3.8) is 0 Å². The van der Waals surface area contributed by atoms with Crippen molar-refractivity contribution in [2.75, 3.05) is 0 Å². The summed E-state index contributed by atoms with van der Waals surface area (Å²) < 4.78 is 5.08. The highest BCUT2D eigenvalue weighted by atomic mass is 16.5. The molecule has 1 aliphatic rings. The summed E-state index contributed by atoms with van der Waals surface area (Å²) in [5, 5.41) is 0. The molecule has 0 fully saturated rings. The zero-order valence-electron chi connectivity index (χ0n) is 11.1. The number of unbranched alkanes of at least 4 members (excludes halogenated alkanes) is 8. The normalized spacial score (nSPS) is 18.6. The molecule has 0 saturated carbocycles. The van der Waals surface area contributed by atoms with Crippen molar-refractivity contribution in [1.29, 1.82) is 0 Å². The molecule has 1 aliphatic heterocycles. The quantitative estimate of drug-likeness (QED) is 0.417. The molecule has 2 heteroatoms. The average Bonchev–Trinajstić information content (AvgIpc) is 2.73. The Morgan fingerprint density at radius 1 is 1.00 bits per heavy atom. The summed E-state index contributed by atoms with van der Waals surface area (Å²) in [4.78, 5) is 10.8. The van der Waals surface area contributed by atoms with Crippen LogP contribution in [0.3, 0.4) is 0 Å². The van der Waals surface area contributed by atoms with Gasteiger partial charge in [0.05, 0.1) is 0 Å². The smallest absolute Gasteiger partial charge is 0.331 e. The van der Waals surface area contributed by atoms with Crippen LogP contribution in [0.2, 0.25) is 0 Å². The van der Waals surface area contributed by atoms with E-state index in [2.05, 4.69) is 6.92 Å². The van der Waals surface area contributed by atoms with Crippen molar-refractivity contribution in [2.24, 2.45) is 0 Å². The van der Waals surface area contributed by atoms with Gasteiger partial charge >= 0.3 is 5.97 Å². The molecule has 0 unspecified atom stereocenters. The van der Waals surface area contributed by atoms with Crippen LogP contribution in [0.1, 0.15) is 71.1 Å². The van der Waals surface area contributed by atoms with Gasteiger partial charge in [-0.3, -0.25) is 0 Å². The SMILES string of the molecule is CCCCCCCCCCC[C@H]1C=CC(=O)O1. The third-order valence-electron chi connectivity index (χ3n) is 3.31. The number of hydrogen-bond acceptors (Lipinski definition) is 2. The van der Waals surface area contributed by atoms with Crippen molar-refractivity contribution < 1.29 is 9.53 Å². The molecule has 0 bridgehead atoms. The lowest BCUT2D eigenvalue weighted by atomic mass is 10.1. The molecule has 98 valence electrons. The molecule has 0 aromatic carbocycles. The van der Waals surface area contributed by atoms with Crippen LogP contribution in [0.15, 0.2) is 12.2 Å². The lowest BCUT2D eigenvalue weighted by Gasteiger charge is -2.07. The van der Waals surface area contributed by atoms with Gasteiger partial charge in [-0.15, -0.1) is 0 Å². The first-order valence-electron chi connectivity index (χ1n) is 7.21. The minimum Gasteiger partial charge on any atom is -0.455 e. The van der Waals surface area contributed by atoms with E-state index < -0.39 is 0 Å². The first-order chi connectivity index (χ1) is 8.33. The van der Waals surface area contributed by atoms with E-state index in [1.807, 2.05) is 6.08 Å². The summed E-state index contributed by atoms with van der Waals surface area (Å²) in [6.45, 7) is 2.25. The summed E-state index contributed by atoms with van der Waals surface area (Å²) in [5.41, 5.74) is 0. The Morgan fingerprint density at radius 3 is 2.12 bits per heavy atom. The molecule has 0 amide bonds. The largest absolute Gasteiger partial charge is 0.455 e. The van der Waals surface area contributed by atoms with Gasteiger partial charge in [0, 0.05) is 6.08 Å². The molecular weight excluding hydrogens is 212 g/mol. The number of esters is 1. The molecular formula is C15H26O2. The highest BCUT2D eigenvalue weighted by Gasteiger charge is 2.15. The number of hydrogen-bond donors (Lipinski definition) is 0. The first kappa shape index (κ1) is 14.3. The van der Waals surface area contributed by atoms with E-state index in [4.69, 9.17) is 4.74 Å². The van der Waals surface area contributed by atoms with Crippen molar-refractivity contribution in [2.45, 2.75) is 77.2 Å². The highest BCUT2D eigenvalue weighted by Crippen LogP contribution is 2.15. The average molecular weight is 238 g/mol. The fourth-order valence-corrected chi connectivity index (χ4v) is 2.22. The molecule has 0 radical (unpaired) electrons. The van der Waals surface area contributed by atoms with E-state index in [0.717, 1.165) is 6.42 Å². The number of ether oxygens (including phenoxy) is 1. The van der Waals surface area contributed by atoms with Crippen molar-refractivity contribution in [3.8, 4) is 0 Å². The monoisotopic (exact) mass is 238 g/mol. The molecule has 0 aromatic heterocycles. The lowest BCUT2D eigenvalue weighted by Crippen LogP contribution is -2.06. The van der Waals surface area contributed by atoms with Gasteiger partial charge in [-0.1, -0.05) is 58.3 Å². The Morgan fingerprint density at radius 2 is 1.59 bits per heavy atom. The minimum atomic E-state index is -0.175. The van der Waals surface area contributed by atoms with Crippen LogP contribution in [0, 0.1) is 0 Å². The van der Waals surface area contributed by atoms with Gasteiger partial charge in [-0.25, -0.2) is 4.79 Å². The van der Waals surface area contributed by atoms with E-state index in [1.165, 1.54) is 57.8 Å². The maximum absolute atomic E-state index is 10.8. The van der Waals surface area contributed by atoms with Crippen molar-refractivity contribution in [1.82, 2.24) is 0 Å². The standard InChI is InChI=1S/C15H26O2/c1-2-3-4-5-6-7-8-9-10-11-14-12-13-15(16)17-14/h12-14H,2-11H2,1H3/t14-/m0/s1. The summed E-state index contributed by atoms with van der Waals surface area (Å²) in [7, 11) is 0. The lowest BCUT2D eigenvalue weighted by molar-refractivity contribution is -0.138. The van der Waals surface area contributed by atoms with E-state index >= 15 is 0 Å². The Hall–Kier alpha value is -0.790. The second-order valence-corrected chi connectivity index (χ2v) is 4.95. The van der Waals surface area contributed by atoms with E-state index in [1.54, 1.807) is 6.08 Å². The Balaban J connectivity index is 1.79. The molecule has 0 aliphatic carbocycles. The van der Waals surface area contributed by atoms with Crippen LogP contribution < -0.4 is 0 Å². The Kier molecular flexibility index (Phi) is 7.78. The van der Waals surface area contributed by atoms with Gasteiger partial charge < -0.3 is 4.74 Å². The molecule has 0 N–H and O–H groups in total. The van der Waals surface area contributed by atoms with Gasteiger partial charge in [-0.05, 0) is 18.9 Å². The number of cyclic esters (lactones) is 1. The van der Waals surface area contributed by atoms with Gasteiger partial charge in [0.25, 0.3) is 0 Å². The van der Waals surface area contributed by atoms with Crippen LogP contribution in [0.25, 0.3) is 0 Å². The fraction of sp³-hybridized carbons (Fsp3) is 0.800. The molecule has 2 nitrogen and oxygen atoms in total. The summed E-state index contributed by atoms with van der Waals surface area (Å²) in [5.74, 6) is -0.175. The molecule has 1 atom stereocenters. The number of carbonyl (C=O) groups excluding carboxylic acids is 1. The summed E-state index contributed by atoms with van der Waals surface area (Å²) in [6.07, 6.45) is 16.5. The third kappa shape index (κ3) is 7.19. The zero-order chi connectivity index (χ0) is 12.3. The fourth-order valence-electron chi connectivity index (χ4n) is 2.22. The predicted molar refractivity (Wildman–Crippen MR) is 70.9 cm³/mol. The molecule has 1 rings (SSSR count). The van der Waals surface area contributed by atoms with E-state index in [9.17, 15) is 4.79 Å². The summed E-state index contributed by atoms with van der Waals surface area (Å²) in [6, 6.07) is 0. The summed E-state index contributed by atoms with van der Waals surface area (Å²) >= 11 is 0. The van der Waals surface area contributed by atoms with E-state index in [0.29, 0.717) is 0 Å². The van der Waals surface area contributed by atoms with Gasteiger partial charge in [0.15, 0.2) is 0 Å². The molecule has 1 heterocycles. The van der Waals surface area contributed by atoms with Crippen LogP contribution in [0.5, 0.6) is 0 Å². The van der Waals surface area contributed by atoms with Gasteiger partial charge in [0.2, 0.25) is 0 Å². The third-order valence-corrected chi connectivity index (χ3v) is 3.31. The molecule has 17 heavy (non-hydrogen) atoms. The maximum atomic E-state index is 10.8. The van der Waals surface area contributed by atoms with Crippen molar-refractivity contribution >= 4 is 5.97 Å². The Labute approximate surface area is 105 Å². The van der Waals surface area contributed by atoms with Crippen LogP contribution in [-0.2, 0) is 9.53 Å². The molecule has 0 aromatic rings. The number of carbonyl (C=O) groups is 1. The topological polar surface area (TPSA) is 26.3 Å². The first-order valence-corrected chi connectivity index (χ1v) is 7.21. The van der Waals surface area contributed by atoms with Crippen LogP contribution >= 0.6 is 0 Å². The Bertz CT molecular complexity index is 233. The second-order valence-electron chi connectivity index (χ2n) is 4.95. The highest BCUT2D eigenvalue weighted by molar-refractivity contribution is 5.84. The van der Waals surface area contributed by atoms with Crippen molar-refractivity contribution in [3.05, 3.63) is 12.2 Å². The zero-order valence-corrected chi connectivity index (χ0v) is 11.1. The van der Waals surface area contributed by atoms with Gasteiger partial charge in [-0.2, -0.15) is 0 Å².